The van der Waals surface area contributed by atoms with Crippen LogP contribution >= 0.6 is 0 Å². The van der Waals surface area contributed by atoms with E-state index in [9.17, 15) is 5.11 Å². The van der Waals surface area contributed by atoms with Crippen LogP contribution in [0.2, 0.25) is 0 Å². The van der Waals surface area contributed by atoms with Gasteiger partial charge in [-0.3, -0.25) is 4.98 Å². The molecule has 1 heterocycles. The molecule has 0 aliphatic rings. The Labute approximate surface area is 82.2 Å². The summed E-state index contributed by atoms with van der Waals surface area (Å²) in [6.07, 6.45) is 6.03. The molecule has 0 bridgehead atoms. The molecule has 1 aromatic heterocycles. The summed E-state index contributed by atoms with van der Waals surface area (Å²) in [5.74, 6) is 2.28. The largest absolute Gasteiger partial charge is 0.376 e. The van der Waals surface area contributed by atoms with Gasteiger partial charge >= 0.3 is 0 Å². The van der Waals surface area contributed by atoms with Crippen LogP contribution in [0, 0.1) is 12.3 Å². The molecule has 1 N–H and O–H groups in total. The van der Waals surface area contributed by atoms with E-state index in [4.69, 9.17) is 6.42 Å². The van der Waals surface area contributed by atoms with Crippen molar-refractivity contribution in [2.75, 3.05) is 0 Å². The van der Waals surface area contributed by atoms with E-state index in [0.29, 0.717) is 0 Å². The topological polar surface area (TPSA) is 33.1 Å². The zero-order valence-corrected chi connectivity index (χ0v) is 7.51. The van der Waals surface area contributed by atoms with E-state index in [2.05, 4.69) is 10.9 Å². The Bertz CT molecular complexity index is 499. The third kappa shape index (κ3) is 1.46. The molecule has 1 atom stereocenters. The summed E-state index contributed by atoms with van der Waals surface area (Å²) < 4.78 is 0. The molecule has 68 valence electrons. The van der Waals surface area contributed by atoms with Crippen molar-refractivity contribution in [2.24, 2.45) is 0 Å². The van der Waals surface area contributed by atoms with E-state index in [1.54, 1.807) is 12.3 Å². The van der Waals surface area contributed by atoms with Gasteiger partial charge in [-0.25, -0.2) is 0 Å². The van der Waals surface area contributed by atoms with Crippen LogP contribution in [0.3, 0.4) is 0 Å². The first-order valence-electron chi connectivity index (χ1n) is 4.30. The molecular formula is C12H9NO. The molecular weight excluding hydrogens is 174 g/mol. The molecule has 2 heteroatoms. The molecule has 0 amide bonds. The van der Waals surface area contributed by atoms with Gasteiger partial charge in [0, 0.05) is 11.6 Å². The van der Waals surface area contributed by atoms with Gasteiger partial charge in [0.1, 0.15) is 6.10 Å². The van der Waals surface area contributed by atoms with E-state index in [0.717, 1.165) is 16.5 Å². The van der Waals surface area contributed by atoms with Crippen LogP contribution in [0.1, 0.15) is 11.7 Å². The highest BCUT2D eigenvalue weighted by Gasteiger charge is 2.03. The van der Waals surface area contributed by atoms with Crippen molar-refractivity contribution in [3.8, 4) is 12.3 Å². The molecule has 14 heavy (non-hydrogen) atoms. The lowest BCUT2D eigenvalue weighted by Gasteiger charge is -2.04. The quantitative estimate of drug-likeness (QED) is 0.685. The molecule has 2 aromatic rings. The molecule has 1 aromatic carbocycles. The van der Waals surface area contributed by atoms with Crippen molar-refractivity contribution >= 4 is 10.9 Å². The van der Waals surface area contributed by atoms with Crippen LogP contribution in [0.5, 0.6) is 0 Å². The van der Waals surface area contributed by atoms with Crippen molar-refractivity contribution in [3.05, 3.63) is 42.1 Å². The lowest BCUT2D eigenvalue weighted by molar-refractivity contribution is 0.239. The monoisotopic (exact) mass is 183 g/mol. The number of rotatable bonds is 1. The molecule has 2 nitrogen and oxygen atoms in total. The van der Waals surface area contributed by atoms with Gasteiger partial charge < -0.3 is 5.11 Å². The van der Waals surface area contributed by atoms with Crippen LogP contribution in [-0.2, 0) is 0 Å². The van der Waals surface area contributed by atoms with Crippen LogP contribution in [0.15, 0.2) is 36.5 Å². The molecule has 0 aliphatic carbocycles. The number of hydrogen-bond acceptors (Lipinski definition) is 2. The zero-order valence-electron chi connectivity index (χ0n) is 7.51. The first-order valence-corrected chi connectivity index (χ1v) is 4.30. The Morgan fingerprint density at radius 3 is 3.00 bits per heavy atom. The van der Waals surface area contributed by atoms with Gasteiger partial charge in [-0.2, -0.15) is 0 Å². The number of terminal acetylenes is 1. The van der Waals surface area contributed by atoms with Crippen molar-refractivity contribution in [1.29, 1.82) is 0 Å². The van der Waals surface area contributed by atoms with Crippen LogP contribution in [-0.4, -0.2) is 10.1 Å². The van der Waals surface area contributed by atoms with E-state index < -0.39 is 6.10 Å². The summed E-state index contributed by atoms with van der Waals surface area (Å²) in [7, 11) is 0. The number of aliphatic hydroxyl groups is 1. The lowest BCUT2D eigenvalue weighted by Crippen LogP contribution is -1.92. The van der Waals surface area contributed by atoms with Gasteiger partial charge in [0.25, 0.3) is 0 Å². The number of fused-ring (bicyclic) bond motifs is 1. The van der Waals surface area contributed by atoms with Crippen molar-refractivity contribution in [2.45, 2.75) is 6.10 Å². The van der Waals surface area contributed by atoms with Gasteiger partial charge in [0.05, 0.1) is 5.52 Å². The fraction of sp³-hybridized carbons (Fsp3) is 0.0833. The molecule has 0 saturated carbocycles. The zero-order chi connectivity index (χ0) is 9.97. The predicted molar refractivity (Wildman–Crippen MR) is 55.5 cm³/mol. The van der Waals surface area contributed by atoms with Crippen LogP contribution in [0.4, 0.5) is 0 Å². The predicted octanol–water partition coefficient (Wildman–Crippen LogP) is 1.90. The highest BCUT2D eigenvalue weighted by atomic mass is 16.3. The standard InChI is InChI=1S/C12H9NO/c1-2-12(14)10-5-6-11-9(8-10)4-3-7-13-11/h1,3-8,12,14H. The van der Waals surface area contributed by atoms with Crippen LogP contribution < -0.4 is 0 Å². The molecule has 0 radical (unpaired) electrons. The molecule has 0 saturated heterocycles. The van der Waals surface area contributed by atoms with Gasteiger partial charge in [-0.05, 0) is 23.8 Å². The van der Waals surface area contributed by atoms with E-state index in [1.165, 1.54) is 0 Å². The van der Waals surface area contributed by atoms with Crippen molar-refractivity contribution < 1.29 is 5.11 Å². The molecule has 1 unspecified atom stereocenters. The Kier molecular flexibility index (Phi) is 2.18. The van der Waals surface area contributed by atoms with E-state index >= 15 is 0 Å². The number of benzene rings is 1. The van der Waals surface area contributed by atoms with Crippen molar-refractivity contribution in [3.63, 3.8) is 0 Å². The minimum Gasteiger partial charge on any atom is -0.376 e. The Morgan fingerprint density at radius 2 is 2.21 bits per heavy atom. The Hall–Kier alpha value is -1.85. The second-order valence-electron chi connectivity index (χ2n) is 3.02. The maximum atomic E-state index is 9.43. The summed E-state index contributed by atoms with van der Waals surface area (Å²) in [5, 5.41) is 10.4. The normalized spacial score (nSPS) is 12.3. The maximum Gasteiger partial charge on any atom is 0.140 e. The highest BCUT2D eigenvalue weighted by Crippen LogP contribution is 2.18. The minimum atomic E-state index is -0.834. The number of pyridine rings is 1. The number of nitrogens with zero attached hydrogens (tertiary/aromatic N) is 1. The van der Waals surface area contributed by atoms with Gasteiger partial charge in [-0.1, -0.05) is 18.1 Å². The summed E-state index contributed by atoms with van der Waals surface area (Å²) in [5.41, 5.74) is 1.63. The fourth-order valence-electron chi connectivity index (χ4n) is 1.36. The first-order chi connectivity index (χ1) is 6.81. The van der Waals surface area contributed by atoms with Gasteiger partial charge in [-0.15, -0.1) is 6.42 Å². The second-order valence-corrected chi connectivity index (χ2v) is 3.02. The number of hydrogen-bond donors (Lipinski definition) is 1. The molecule has 0 fully saturated rings. The van der Waals surface area contributed by atoms with E-state index in [1.807, 2.05) is 24.3 Å². The lowest BCUT2D eigenvalue weighted by atomic mass is 10.1. The minimum absolute atomic E-state index is 0.730. The first kappa shape index (κ1) is 8.74. The third-order valence-electron chi connectivity index (χ3n) is 2.10. The SMILES string of the molecule is C#CC(O)c1ccc2ncccc2c1. The Balaban J connectivity index is 2.58. The van der Waals surface area contributed by atoms with Gasteiger partial charge in [0.2, 0.25) is 0 Å². The molecule has 2 rings (SSSR count). The van der Waals surface area contributed by atoms with Gasteiger partial charge in [0.15, 0.2) is 0 Å². The second kappa shape index (κ2) is 3.49. The average Bonchev–Trinajstić information content (AvgIpc) is 2.27. The average molecular weight is 183 g/mol. The fourth-order valence-corrected chi connectivity index (χ4v) is 1.36. The maximum absolute atomic E-state index is 9.43. The summed E-state index contributed by atoms with van der Waals surface area (Å²) >= 11 is 0. The summed E-state index contributed by atoms with van der Waals surface area (Å²) in [6, 6.07) is 9.29. The summed E-state index contributed by atoms with van der Waals surface area (Å²) in [6.45, 7) is 0. The number of aromatic nitrogens is 1. The van der Waals surface area contributed by atoms with Crippen molar-refractivity contribution in [1.82, 2.24) is 4.98 Å². The van der Waals surface area contributed by atoms with E-state index in [-0.39, 0.29) is 0 Å². The molecule has 0 aliphatic heterocycles. The molecule has 0 spiro atoms. The highest BCUT2D eigenvalue weighted by molar-refractivity contribution is 5.79. The number of aliphatic hydroxyl groups excluding tert-OH is 1. The van der Waals surface area contributed by atoms with Crippen LogP contribution in [0.25, 0.3) is 10.9 Å². The Morgan fingerprint density at radius 1 is 1.36 bits per heavy atom. The smallest absolute Gasteiger partial charge is 0.140 e. The summed E-state index contributed by atoms with van der Waals surface area (Å²) in [4.78, 5) is 4.17. The third-order valence-corrected chi connectivity index (χ3v) is 2.10.